The summed E-state index contributed by atoms with van der Waals surface area (Å²) in [6, 6.07) is 8.59. The molecule has 0 aliphatic carbocycles. The number of rotatable bonds is 6. The van der Waals surface area contributed by atoms with Crippen LogP contribution in [0.5, 0.6) is 6.01 Å². The number of morpholine rings is 1. The van der Waals surface area contributed by atoms with Crippen molar-refractivity contribution < 1.29 is 32.1 Å². The smallest absolute Gasteiger partial charge is 0.416 e. The van der Waals surface area contributed by atoms with Gasteiger partial charge in [-0.15, -0.1) is 0 Å². The van der Waals surface area contributed by atoms with Crippen LogP contribution in [-0.2, 0) is 20.4 Å². The summed E-state index contributed by atoms with van der Waals surface area (Å²) in [7, 11) is 0. The average molecular weight is 505 g/mol. The molecule has 1 aromatic carbocycles. The topological polar surface area (TPSA) is 83.8 Å². The van der Waals surface area contributed by atoms with Gasteiger partial charge in [0.2, 0.25) is 0 Å². The van der Waals surface area contributed by atoms with Crippen LogP contribution in [0.2, 0.25) is 0 Å². The van der Waals surface area contributed by atoms with E-state index in [-0.39, 0.29) is 18.7 Å². The quantitative estimate of drug-likeness (QED) is 0.502. The molecular weight excluding hydrogens is 479 g/mol. The zero-order chi connectivity index (χ0) is 25.3. The molecule has 0 saturated carbocycles. The fourth-order valence-corrected chi connectivity index (χ4v) is 4.01. The van der Waals surface area contributed by atoms with Crippen LogP contribution in [0, 0.1) is 0 Å². The molecule has 0 N–H and O–H groups in total. The first-order chi connectivity index (χ1) is 17.2. The van der Waals surface area contributed by atoms with Gasteiger partial charge in [0.25, 0.3) is 0 Å². The Bertz CT molecular complexity index is 1210. The molecule has 3 aromatic rings. The average Bonchev–Trinajstić information content (AvgIpc) is 3.49. The Balaban J connectivity index is 1.42. The van der Waals surface area contributed by atoms with Gasteiger partial charge in [0.15, 0.2) is 11.6 Å². The van der Waals surface area contributed by atoms with Crippen LogP contribution in [0.4, 0.5) is 19.0 Å². The molecule has 2 saturated heterocycles. The highest BCUT2D eigenvalue weighted by atomic mass is 19.4. The van der Waals surface area contributed by atoms with Crippen molar-refractivity contribution in [2.24, 2.45) is 0 Å². The minimum Gasteiger partial charge on any atom is -0.460 e. The van der Waals surface area contributed by atoms with Crippen LogP contribution in [0.15, 0.2) is 42.6 Å². The number of nitrogens with zero attached hydrogens (tertiary/aromatic N) is 5. The molecule has 12 heteroatoms. The second kappa shape index (κ2) is 9.68. The molecule has 192 valence electrons. The lowest BCUT2D eigenvalue weighted by Gasteiger charge is -2.28. The Hall–Kier alpha value is -3.22. The largest absolute Gasteiger partial charge is 0.460 e. The number of halogens is 3. The summed E-state index contributed by atoms with van der Waals surface area (Å²) in [5.41, 5.74) is 0.000470. The minimum atomic E-state index is -4.44. The summed E-state index contributed by atoms with van der Waals surface area (Å²) in [6.07, 6.45) is -3.06. The maximum absolute atomic E-state index is 13.2. The number of alkyl halides is 3. The highest BCUT2D eigenvalue weighted by Gasteiger charge is 2.33. The molecule has 2 aliphatic heterocycles. The van der Waals surface area contributed by atoms with Gasteiger partial charge >= 0.3 is 12.2 Å². The van der Waals surface area contributed by atoms with Crippen molar-refractivity contribution in [1.29, 1.82) is 0 Å². The van der Waals surface area contributed by atoms with E-state index in [1.54, 1.807) is 24.4 Å². The van der Waals surface area contributed by atoms with E-state index in [4.69, 9.17) is 18.9 Å². The third-order valence-electron chi connectivity index (χ3n) is 5.79. The lowest BCUT2D eigenvalue weighted by Crippen LogP contribution is -2.37. The Morgan fingerprint density at radius 2 is 1.86 bits per heavy atom. The molecule has 9 nitrogen and oxygen atoms in total. The maximum Gasteiger partial charge on any atom is 0.416 e. The Kier molecular flexibility index (Phi) is 6.58. The zero-order valence-electron chi connectivity index (χ0n) is 19.9. The summed E-state index contributed by atoms with van der Waals surface area (Å²) in [5, 5.41) is 4.47. The van der Waals surface area contributed by atoms with Crippen molar-refractivity contribution in [3.8, 4) is 23.1 Å². The Morgan fingerprint density at radius 1 is 1.08 bits per heavy atom. The molecule has 2 fully saturated rings. The van der Waals surface area contributed by atoms with Gasteiger partial charge in [0.05, 0.1) is 31.1 Å². The third kappa shape index (κ3) is 5.61. The lowest BCUT2D eigenvalue weighted by atomic mass is 10.1. The van der Waals surface area contributed by atoms with Crippen molar-refractivity contribution in [1.82, 2.24) is 19.7 Å². The summed E-state index contributed by atoms with van der Waals surface area (Å²) >= 11 is 0. The highest BCUT2D eigenvalue weighted by molar-refractivity contribution is 5.60. The van der Waals surface area contributed by atoms with E-state index in [1.165, 1.54) is 10.7 Å². The summed E-state index contributed by atoms with van der Waals surface area (Å²) in [5.74, 6) is 0.381. The van der Waals surface area contributed by atoms with Crippen molar-refractivity contribution >= 4 is 5.82 Å². The lowest BCUT2D eigenvalue weighted by molar-refractivity contribution is -0.141. The van der Waals surface area contributed by atoms with Crippen molar-refractivity contribution in [3.05, 3.63) is 48.2 Å². The van der Waals surface area contributed by atoms with Crippen molar-refractivity contribution in [2.75, 3.05) is 44.4 Å². The Morgan fingerprint density at radius 3 is 2.58 bits per heavy atom. The standard InChI is InChI=1S/C24H26F3N5O4/c1-23(2)35-15-18(36-23)14-34-22-28-20(31-8-10-33-11-9-31)13-21(29-22)32-7-6-19(30-32)16-4-3-5-17(12-16)24(25,26)27/h3-7,12-13,18H,8-11,14-15H2,1-2H3. The number of ether oxygens (including phenoxy) is 4. The van der Waals surface area contributed by atoms with E-state index in [9.17, 15) is 13.2 Å². The normalized spacial score (nSPS) is 20.0. The Labute approximate surface area is 205 Å². The summed E-state index contributed by atoms with van der Waals surface area (Å²) in [4.78, 5) is 11.1. The molecule has 2 aliphatic rings. The minimum absolute atomic E-state index is 0.137. The van der Waals surface area contributed by atoms with Crippen molar-refractivity contribution in [3.63, 3.8) is 0 Å². The van der Waals surface area contributed by atoms with E-state index in [1.807, 2.05) is 13.8 Å². The maximum atomic E-state index is 13.2. The molecule has 0 bridgehead atoms. The summed E-state index contributed by atoms with van der Waals surface area (Å²) < 4.78 is 63.7. The molecule has 0 amide bonds. The second-order valence-corrected chi connectivity index (χ2v) is 8.95. The molecule has 0 radical (unpaired) electrons. The van der Waals surface area contributed by atoms with Crippen LogP contribution in [0.25, 0.3) is 17.1 Å². The second-order valence-electron chi connectivity index (χ2n) is 8.95. The van der Waals surface area contributed by atoms with Crippen LogP contribution in [0.1, 0.15) is 19.4 Å². The van der Waals surface area contributed by atoms with Gasteiger partial charge in [-0.2, -0.15) is 28.2 Å². The first-order valence-electron chi connectivity index (χ1n) is 11.6. The van der Waals surface area contributed by atoms with Gasteiger partial charge in [-0.25, -0.2) is 4.68 Å². The number of hydrogen-bond donors (Lipinski definition) is 0. The number of aromatic nitrogens is 4. The molecule has 4 heterocycles. The predicted octanol–water partition coefficient (Wildman–Crippen LogP) is 3.72. The van der Waals surface area contributed by atoms with Gasteiger partial charge in [-0.05, 0) is 32.0 Å². The molecular formula is C24H26F3N5O4. The first kappa shape index (κ1) is 24.5. The van der Waals surface area contributed by atoms with Gasteiger partial charge in [0.1, 0.15) is 18.5 Å². The molecule has 5 rings (SSSR count). The van der Waals surface area contributed by atoms with Crippen molar-refractivity contribution in [2.45, 2.75) is 31.9 Å². The van der Waals surface area contributed by atoms with E-state index in [0.717, 1.165) is 12.1 Å². The zero-order valence-corrected chi connectivity index (χ0v) is 19.9. The fourth-order valence-electron chi connectivity index (χ4n) is 4.01. The number of anilines is 1. The molecule has 0 spiro atoms. The fraction of sp³-hybridized carbons (Fsp3) is 0.458. The van der Waals surface area contributed by atoms with E-state index >= 15 is 0 Å². The van der Waals surface area contributed by atoms with Gasteiger partial charge < -0.3 is 23.8 Å². The highest BCUT2D eigenvalue weighted by Crippen LogP contribution is 2.32. The van der Waals surface area contributed by atoms with Gasteiger partial charge in [-0.3, -0.25) is 0 Å². The molecule has 36 heavy (non-hydrogen) atoms. The first-order valence-corrected chi connectivity index (χ1v) is 11.6. The van der Waals surface area contributed by atoms with Crippen LogP contribution >= 0.6 is 0 Å². The number of hydrogen-bond acceptors (Lipinski definition) is 8. The van der Waals surface area contributed by atoms with E-state index < -0.39 is 17.5 Å². The van der Waals surface area contributed by atoms with Gasteiger partial charge in [0, 0.05) is 30.9 Å². The predicted molar refractivity (Wildman–Crippen MR) is 123 cm³/mol. The van der Waals surface area contributed by atoms with Gasteiger partial charge in [-0.1, -0.05) is 12.1 Å². The van der Waals surface area contributed by atoms with Crippen LogP contribution < -0.4 is 9.64 Å². The van der Waals surface area contributed by atoms with Crippen LogP contribution in [-0.4, -0.2) is 71.2 Å². The monoisotopic (exact) mass is 505 g/mol. The molecule has 2 aromatic heterocycles. The van der Waals surface area contributed by atoms with E-state index in [2.05, 4.69) is 20.0 Å². The van der Waals surface area contributed by atoms with Crippen LogP contribution in [0.3, 0.4) is 0 Å². The van der Waals surface area contributed by atoms with E-state index in [0.29, 0.717) is 55.8 Å². The molecule has 1 unspecified atom stereocenters. The summed E-state index contributed by atoms with van der Waals surface area (Å²) in [6.45, 7) is 6.70. The molecule has 1 atom stereocenters. The SMILES string of the molecule is CC1(C)OCC(COc2nc(N3CCOCC3)cc(-n3ccc(-c4cccc(C(F)(F)F)c4)n3)n2)O1. The number of benzene rings is 1. The third-order valence-corrected chi connectivity index (χ3v) is 5.79.